The number of aliphatic hydroxyl groups is 1. The van der Waals surface area contributed by atoms with E-state index >= 15 is 0 Å². The molecule has 24 heavy (non-hydrogen) atoms. The SMILES string of the molecule is C[C@H]1C(c2ccccc2)OC(=O)N1C(=O)[C@@H](Br)[C@H](O)c1ccsc1. The Hall–Kier alpha value is -1.70. The van der Waals surface area contributed by atoms with Crippen molar-refractivity contribution in [3.8, 4) is 0 Å². The summed E-state index contributed by atoms with van der Waals surface area (Å²) in [7, 11) is 0. The van der Waals surface area contributed by atoms with E-state index in [-0.39, 0.29) is 0 Å². The normalized spacial score (nSPS) is 23.0. The highest BCUT2D eigenvalue weighted by Crippen LogP contribution is 2.35. The van der Waals surface area contributed by atoms with Crippen LogP contribution in [0.1, 0.15) is 30.3 Å². The number of aliphatic hydroxyl groups excluding tert-OH is 1. The highest BCUT2D eigenvalue weighted by atomic mass is 79.9. The van der Waals surface area contributed by atoms with E-state index in [9.17, 15) is 14.7 Å². The number of benzene rings is 1. The summed E-state index contributed by atoms with van der Waals surface area (Å²) in [4.78, 5) is 25.1. The molecule has 1 fully saturated rings. The molecule has 126 valence electrons. The van der Waals surface area contributed by atoms with Crippen LogP contribution in [0.5, 0.6) is 0 Å². The fourth-order valence-corrected chi connectivity index (χ4v) is 3.94. The fourth-order valence-electron chi connectivity index (χ4n) is 2.73. The number of ether oxygens (including phenoxy) is 1. The molecule has 1 N–H and O–H groups in total. The van der Waals surface area contributed by atoms with E-state index < -0.39 is 35.1 Å². The monoisotopic (exact) mass is 409 g/mol. The van der Waals surface area contributed by atoms with Crippen molar-refractivity contribution in [3.05, 3.63) is 58.3 Å². The molecule has 1 aromatic heterocycles. The van der Waals surface area contributed by atoms with E-state index in [4.69, 9.17) is 4.74 Å². The summed E-state index contributed by atoms with van der Waals surface area (Å²) in [6.07, 6.45) is -2.23. The van der Waals surface area contributed by atoms with Gasteiger partial charge in [-0.25, -0.2) is 9.69 Å². The second-order valence-corrected chi connectivity index (χ2v) is 7.33. The van der Waals surface area contributed by atoms with Crippen LogP contribution < -0.4 is 0 Å². The van der Waals surface area contributed by atoms with Crippen molar-refractivity contribution in [1.29, 1.82) is 0 Å². The first-order valence-electron chi connectivity index (χ1n) is 7.43. The number of nitrogens with zero attached hydrogens (tertiary/aromatic N) is 1. The van der Waals surface area contributed by atoms with Crippen LogP contribution in [0.25, 0.3) is 0 Å². The van der Waals surface area contributed by atoms with Gasteiger partial charge in [-0.3, -0.25) is 4.79 Å². The van der Waals surface area contributed by atoms with Gasteiger partial charge in [-0.05, 0) is 34.9 Å². The molecule has 0 spiro atoms. The van der Waals surface area contributed by atoms with Crippen molar-refractivity contribution in [3.63, 3.8) is 0 Å². The van der Waals surface area contributed by atoms with Crippen molar-refractivity contribution in [1.82, 2.24) is 4.90 Å². The van der Waals surface area contributed by atoms with E-state index in [1.807, 2.05) is 35.7 Å². The number of hydrogen-bond acceptors (Lipinski definition) is 5. The largest absolute Gasteiger partial charge is 0.439 e. The van der Waals surface area contributed by atoms with Crippen LogP contribution in [0.4, 0.5) is 4.79 Å². The smallest absolute Gasteiger partial charge is 0.417 e. The first-order valence-corrected chi connectivity index (χ1v) is 9.29. The van der Waals surface area contributed by atoms with Gasteiger partial charge >= 0.3 is 6.09 Å². The van der Waals surface area contributed by atoms with E-state index in [0.717, 1.165) is 10.5 Å². The lowest BCUT2D eigenvalue weighted by Crippen LogP contribution is -2.43. The Morgan fingerprint density at radius 3 is 2.67 bits per heavy atom. The third-order valence-electron chi connectivity index (χ3n) is 4.03. The zero-order chi connectivity index (χ0) is 17.3. The van der Waals surface area contributed by atoms with Gasteiger partial charge in [0.05, 0.1) is 6.04 Å². The molecule has 2 amide bonds. The van der Waals surface area contributed by atoms with Crippen LogP contribution in [-0.4, -0.2) is 32.9 Å². The van der Waals surface area contributed by atoms with Gasteiger partial charge in [0.25, 0.3) is 0 Å². The molecule has 2 aromatic rings. The van der Waals surface area contributed by atoms with E-state index in [2.05, 4.69) is 15.9 Å². The quantitative estimate of drug-likeness (QED) is 0.782. The molecule has 5 nitrogen and oxygen atoms in total. The fraction of sp³-hybridized carbons (Fsp3) is 0.294. The van der Waals surface area contributed by atoms with Crippen molar-refractivity contribution in [2.75, 3.05) is 0 Å². The van der Waals surface area contributed by atoms with Gasteiger partial charge in [0, 0.05) is 0 Å². The second-order valence-electron chi connectivity index (χ2n) is 5.57. The Kier molecular flexibility index (Phi) is 5.03. The number of amides is 2. The molecule has 1 aromatic carbocycles. The lowest BCUT2D eigenvalue weighted by atomic mass is 10.0. The molecule has 1 aliphatic rings. The molecular formula is C17H16BrNO4S. The zero-order valence-electron chi connectivity index (χ0n) is 12.8. The molecule has 1 aliphatic heterocycles. The number of carbonyl (C=O) groups excluding carboxylic acids is 2. The van der Waals surface area contributed by atoms with Crippen LogP contribution >= 0.6 is 27.3 Å². The molecule has 3 rings (SSSR count). The average Bonchev–Trinajstić information content (AvgIpc) is 3.22. The van der Waals surface area contributed by atoms with Crippen LogP contribution in [0, 0.1) is 0 Å². The summed E-state index contributed by atoms with van der Waals surface area (Å²) in [6, 6.07) is 10.6. The molecule has 1 unspecified atom stereocenters. The summed E-state index contributed by atoms with van der Waals surface area (Å²) in [5.74, 6) is -0.510. The third-order valence-corrected chi connectivity index (χ3v) is 5.63. The number of halogens is 1. The molecule has 0 radical (unpaired) electrons. The van der Waals surface area contributed by atoms with E-state index in [0.29, 0.717) is 5.56 Å². The maximum Gasteiger partial charge on any atom is 0.417 e. The van der Waals surface area contributed by atoms with Crippen molar-refractivity contribution >= 4 is 39.3 Å². The Bertz CT molecular complexity index is 721. The zero-order valence-corrected chi connectivity index (χ0v) is 15.2. The highest BCUT2D eigenvalue weighted by Gasteiger charge is 2.46. The minimum Gasteiger partial charge on any atom is -0.439 e. The Morgan fingerprint density at radius 1 is 1.33 bits per heavy atom. The molecule has 2 heterocycles. The summed E-state index contributed by atoms with van der Waals surface area (Å²) in [6.45, 7) is 1.76. The van der Waals surface area contributed by atoms with Crippen molar-refractivity contribution in [2.24, 2.45) is 0 Å². The van der Waals surface area contributed by atoms with Gasteiger partial charge in [0.1, 0.15) is 17.0 Å². The molecular weight excluding hydrogens is 394 g/mol. The summed E-state index contributed by atoms with van der Waals surface area (Å²) in [5, 5.41) is 13.9. The highest BCUT2D eigenvalue weighted by molar-refractivity contribution is 9.10. The van der Waals surface area contributed by atoms with E-state index in [1.54, 1.807) is 18.4 Å². The predicted octanol–water partition coefficient (Wildman–Crippen LogP) is 3.65. The summed E-state index contributed by atoms with van der Waals surface area (Å²) >= 11 is 4.66. The van der Waals surface area contributed by atoms with Crippen molar-refractivity contribution in [2.45, 2.75) is 30.0 Å². The van der Waals surface area contributed by atoms with Gasteiger partial charge < -0.3 is 9.84 Å². The van der Waals surface area contributed by atoms with Crippen LogP contribution in [0.2, 0.25) is 0 Å². The lowest BCUT2D eigenvalue weighted by Gasteiger charge is -2.23. The first-order chi connectivity index (χ1) is 11.5. The number of cyclic esters (lactones) is 1. The maximum atomic E-state index is 12.7. The Labute approximate surface area is 152 Å². The van der Waals surface area contributed by atoms with Gasteiger partial charge in [0.15, 0.2) is 0 Å². The van der Waals surface area contributed by atoms with Crippen LogP contribution in [0.15, 0.2) is 47.2 Å². The number of carbonyl (C=O) groups is 2. The lowest BCUT2D eigenvalue weighted by molar-refractivity contribution is -0.130. The molecule has 0 saturated carbocycles. The first kappa shape index (κ1) is 17.1. The van der Waals surface area contributed by atoms with Gasteiger partial charge in [-0.2, -0.15) is 11.3 Å². The Morgan fingerprint density at radius 2 is 2.04 bits per heavy atom. The van der Waals surface area contributed by atoms with Gasteiger partial charge in [0.2, 0.25) is 5.91 Å². The number of thiophene rings is 1. The molecule has 0 bridgehead atoms. The molecule has 7 heteroatoms. The van der Waals surface area contributed by atoms with Gasteiger partial charge in [-0.15, -0.1) is 0 Å². The van der Waals surface area contributed by atoms with Gasteiger partial charge in [-0.1, -0.05) is 46.3 Å². The molecule has 1 saturated heterocycles. The Balaban J connectivity index is 1.78. The number of imide groups is 1. The number of alkyl halides is 1. The molecule has 4 atom stereocenters. The minimum absolute atomic E-state index is 0.456. The topological polar surface area (TPSA) is 66.8 Å². The summed E-state index contributed by atoms with van der Waals surface area (Å²) < 4.78 is 5.38. The van der Waals surface area contributed by atoms with Crippen LogP contribution in [0.3, 0.4) is 0 Å². The molecule has 0 aliphatic carbocycles. The number of rotatable bonds is 4. The summed E-state index contributed by atoms with van der Waals surface area (Å²) in [5.41, 5.74) is 1.47. The second kappa shape index (κ2) is 7.04. The predicted molar refractivity (Wildman–Crippen MR) is 94.0 cm³/mol. The average molecular weight is 410 g/mol. The third kappa shape index (κ3) is 3.11. The van der Waals surface area contributed by atoms with Crippen molar-refractivity contribution < 1.29 is 19.4 Å². The standard InChI is InChI=1S/C17H16BrNO4S/c1-10-15(11-5-3-2-4-6-11)23-17(22)19(10)16(21)13(18)14(20)12-7-8-24-9-12/h2-10,13-15,20H,1H3/t10-,13-,14+,15?/m0/s1. The maximum absolute atomic E-state index is 12.7. The number of hydrogen-bond donors (Lipinski definition) is 1. The minimum atomic E-state index is -1.03. The van der Waals surface area contributed by atoms with E-state index in [1.165, 1.54) is 11.3 Å². The van der Waals surface area contributed by atoms with Crippen LogP contribution in [-0.2, 0) is 9.53 Å².